The molecule has 1 unspecified atom stereocenters. The number of hydrogen-bond acceptors (Lipinski definition) is 8. The number of thiophene rings is 1. The lowest BCUT2D eigenvalue weighted by Gasteiger charge is -2.29. The zero-order valence-electron chi connectivity index (χ0n) is 15.1. The monoisotopic (exact) mass is 484 g/mol. The van der Waals surface area contributed by atoms with Gasteiger partial charge < -0.3 is 20.4 Å². The number of halogens is 2. The summed E-state index contributed by atoms with van der Waals surface area (Å²) in [6.45, 7) is 0. The molecule has 1 amide bonds. The second-order valence-corrected chi connectivity index (χ2v) is 10.6. The van der Waals surface area contributed by atoms with E-state index >= 15 is 0 Å². The molecule has 30 heavy (non-hydrogen) atoms. The average molecular weight is 485 g/mol. The molecule has 156 valence electrons. The maximum Gasteiger partial charge on any atom is 0.239 e. The summed E-state index contributed by atoms with van der Waals surface area (Å²) in [5, 5.41) is 2.56. The second-order valence-electron chi connectivity index (χ2n) is 6.32. The number of rotatable bonds is 5. The smallest absolute Gasteiger partial charge is 0.239 e. The van der Waals surface area contributed by atoms with Gasteiger partial charge in [0.2, 0.25) is 11.8 Å². The lowest BCUT2D eigenvalue weighted by atomic mass is 10.2. The van der Waals surface area contributed by atoms with Gasteiger partial charge in [-0.25, -0.2) is 13.4 Å². The Morgan fingerprint density at radius 1 is 1.27 bits per heavy atom. The first-order valence-corrected chi connectivity index (χ1v) is 11.7. The molecule has 4 rings (SSSR count). The fraction of sp³-hybridized carbons (Fsp3) is 0.111. The summed E-state index contributed by atoms with van der Waals surface area (Å²) >= 11 is 12.6. The summed E-state index contributed by atoms with van der Waals surface area (Å²) in [5.41, 5.74) is 8.17. The largest absolute Gasteiger partial charge is 0.446 e. The van der Waals surface area contributed by atoms with Crippen LogP contribution in [0.25, 0.3) is 0 Å². The van der Waals surface area contributed by atoms with Gasteiger partial charge in [0.25, 0.3) is 0 Å². The number of nitrogens with one attached hydrogen (secondary N) is 1. The maximum absolute atomic E-state index is 12.4. The molecule has 0 bridgehead atoms. The summed E-state index contributed by atoms with van der Waals surface area (Å²) in [4.78, 5) is 18.0. The summed E-state index contributed by atoms with van der Waals surface area (Å²) in [6, 6.07) is 9.74. The van der Waals surface area contributed by atoms with Gasteiger partial charge in [-0.2, -0.15) is 0 Å². The minimum atomic E-state index is -3.91. The van der Waals surface area contributed by atoms with Crippen molar-refractivity contribution < 1.29 is 17.6 Å². The van der Waals surface area contributed by atoms with Crippen molar-refractivity contribution in [2.45, 2.75) is 11.1 Å². The first kappa shape index (κ1) is 20.9. The van der Waals surface area contributed by atoms with E-state index in [0.29, 0.717) is 11.6 Å². The van der Waals surface area contributed by atoms with Crippen molar-refractivity contribution in [2.75, 3.05) is 16.0 Å². The third-order valence-electron chi connectivity index (χ3n) is 4.32. The van der Waals surface area contributed by atoms with Gasteiger partial charge in [-0.05, 0) is 36.4 Å². The van der Waals surface area contributed by atoms with Crippen LogP contribution in [0.5, 0.6) is 0 Å². The molecule has 8 nitrogen and oxygen atoms in total. The van der Waals surface area contributed by atoms with Gasteiger partial charge in [0, 0.05) is 11.4 Å². The number of amides is 1. The molecule has 3 aromatic rings. The van der Waals surface area contributed by atoms with Crippen molar-refractivity contribution in [3.8, 4) is 0 Å². The maximum atomic E-state index is 12.4. The quantitative estimate of drug-likeness (QED) is 0.560. The lowest BCUT2D eigenvalue weighted by Crippen LogP contribution is -2.35. The van der Waals surface area contributed by atoms with Crippen molar-refractivity contribution in [3.05, 3.63) is 56.9 Å². The molecule has 3 heterocycles. The fourth-order valence-corrected chi connectivity index (χ4v) is 6.29. The van der Waals surface area contributed by atoms with Crippen molar-refractivity contribution in [1.29, 1.82) is 0 Å². The van der Waals surface area contributed by atoms with Crippen LogP contribution in [0, 0.1) is 0 Å². The average Bonchev–Trinajstić information content (AvgIpc) is 3.29. The van der Waals surface area contributed by atoms with Crippen LogP contribution in [-0.4, -0.2) is 26.4 Å². The number of aliphatic imine (C=N–C) groups is 1. The van der Waals surface area contributed by atoms with Gasteiger partial charge >= 0.3 is 0 Å². The summed E-state index contributed by atoms with van der Waals surface area (Å²) < 4.78 is 30.3. The minimum Gasteiger partial charge on any atom is -0.446 e. The Morgan fingerprint density at radius 3 is 2.67 bits per heavy atom. The van der Waals surface area contributed by atoms with Crippen LogP contribution in [0.1, 0.15) is 11.7 Å². The predicted molar refractivity (Wildman–Crippen MR) is 118 cm³/mol. The van der Waals surface area contributed by atoms with Crippen LogP contribution in [-0.2, 0) is 14.6 Å². The standard InChI is InChI=1S/C18H14Cl2N4O4S2/c19-14-7-13(16(20)29-14)30(26,27)8-15(25)23-10-1-3-11(4-2-10)24-9-22-18-12(17(24)21)5-6-28-18/h1-7,9,17H,8,21H2,(H,23,25). The van der Waals surface area contributed by atoms with Gasteiger partial charge in [-0.1, -0.05) is 23.2 Å². The Labute approximate surface area is 185 Å². The summed E-state index contributed by atoms with van der Waals surface area (Å²) in [6.07, 6.45) is 2.62. The van der Waals surface area contributed by atoms with E-state index in [1.807, 2.05) is 0 Å². The number of benzene rings is 1. The van der Waals surface area contributed by atoms with Crippen molar-refractivity contribution >= 4 is 73.9 Å². The second kappa shape index (κ2) is 8.05. The van der Waals surface area contributed by atoms with Crippen LogP contribution < -0.4 is 16.0 Å². The van der Waals surface area contributed by atoms with Crippen molar-refractivity contribution in [2.24, 2.45) is 10.7 Å². The molecular weight excluding hydrogens is 471 g/mol. The molecule has 0 aliphatic carbocycles. The summed E-state index contributed by atoms with van der Waals surface area (Å²) in [5.74, 6) is -0.981. The van der Waals surface area contributed by atoms with E-state index in [1.54, 1.807) is 41.6 Å². The van der Waals surface area contributed by atoms with E-state index in [9.17, 15) is 13.2 Å². The predicted octanol–water partition coefficient (Wildman–Crippen LogP) is 4.20. The minimum absolute atomic E-state index is 0.0254. The van der Waals surface area contributed by atoms with Crippen LogP contribution in [0.15, 0.2) is 57.0 Å². The van der Waals surface area contributed by atoms with Gasteiger partial charge in [0.15, 0.2) is 9.84 Å². The van der Waals surface area contributed by atoms with Crippen LogP contribution in [0.4, 0.5) is 17.3 Å². The molecule has 1 atom stereocenters. The first-order chi connectivity index (χ1) is 14.2. The SMILES string of the molecule is NC1c2ccoc2N=CN1c1ccc(NC(=O)CS(=O)(=O)c2cc(Cl)sc2Cl)cc1. The molecule has 0 fully saturated rings. The molecule has 12 heteroatoms. The number of furan rings is 1. The van der Waals surface area contributed by atoms with Gasteiger partial charge in [0.1, 0.15) is 22.6 Å². The van der Waals surface area contributed by atoms with Gasteiger partial charge in [-0.15, -0.1) is 11.3 Å². The number of fused-ring (bicyclic) bond motifs is 1. The molecule has 3 N–H and O–H groups in total. The van der Waals surface area contributed by atoms with E-state index in [0.717, 1.165) is 22.6 Å². The molecule has 0 saturated carbocycles. The molecule has 1 aliphatic rings. The first-order valence-electron chi connectivity index (χ1n) is 8.47. The number of sulfone groups is 1. The number of nitrogens with zero attached hydrogens (tertiary/aromatic N) is 2. The van der Waals surface area contributed by atoms with Crippen LogP contribution in [0.3, 0.4) is 0 Å². The van der Waals surface area contributed by atoms with Crippen LogP contribution >= 0.6 is 34.5 Å². The normalized spacial score (nSPS) is 15.8. The topological polar surface area (TPSA) is 118 Å². The molecule has 2 aromatic heterocycles. The van der Waals surface area contributed by atoms with Crippen molar-refractivity contribution in [3.63, 3.8) is 0 Å². The van der Waals surface area contributed by atoms with E-state index in [1.165, 1.54) is 12.3 Å². The molecule has 0 radical (unpaired) electrons. The number of hydrogen-bond donors (Lipinski definition) is 2. The highest BCUT2D eigenvalue weighted by molar-refractivity contribution is 7.92. The highest BCUT2D eigenvalue weighted by Gasteiger charge is 2.26. The molecule has 1 aromatic carbocycles. The van der Waals surface area contributed by atoms with E-state index in [-0.39, 0.29) is 13.6 Å². The van der Waals surface area contributed by atoms with Crippen molar-refractivity contribution in [1.82, 2.24) is 0 Å². The zero-order chi connectivity index (χ0) is 21.5. The van der Waals surface area contributed by atoms with Crippen LogP contribution in [0.2, 0.25) is 8.67 Å². The molecular formula is C18H14Cl2N4O4S2. The Hall–Kier alpha value is -2.37. The summed E-state index contributed by atoms with van der Waals surface area (Å²) in [7, 11) is -3.91. The van der Waals surface area contributed by atoms with Gasteiger partial charge in [-0.3, -0.25) is 4.79 Å². The fourth-order valence-electron chi connectivity index (χ4n) is 2.91. The Morgan fingerprint density at radius 2 is 2.00 bits per heavy atom. The van der Waals surface area contributed by atoms with E-state index < -0.39 is 27.7 Å². The number of nitrogens with two attached hydrogens (primary N) is 1. The Balaban J connectivity index is 1.44. The van der Waals surface area contributed by atoms with Gasteiger partial charge in [0.05, 0.1) is 21.1 Å². The molecule has 0 spiro atoms. The third kappa shape index (κ3) is 4.09. The Kier molecular flexibility index (Phi) is 5.60. The number of anilines is 2. The number of carbonyl (C=O) groups excluding carboxylic acids is 1. The highest BCUT2D eigenvalue weighted by Crippen LogP contribution is 2.35. The molecule has 1 aliphatic heterocycles. The highest BCUT2D eigenvalue weighted by atomic mass is 35.5. The number of carbonyl (C=O) groups is 1. The zero-order valence-corrected chi connectivity index (χ0v) is 18.2. The molecule has 0 saturated heterocycles. The Bertz CT molecular complexity index is 1240. The van der Waals surface area contributed by atoms with E-state index in [4.69, 9.17) is 33.4 Å². The lowest BCUT2D eigenvalue weighted by molar-refractivity contribution is -0.113. The van der Waals surface area contributed by atoms with E-state index in [2.05, 4.69) is 10.3 Å². The third-order valence-corrected chi connectivity index (χ3v) is 7.69.